The summed E-state index contributed by atoms with van der Waals surface area (Å²) in [6.45, 7) is 8.43. The van der Waals surface area contributed by atoms with Crippen LogP contribution in [0.2, 0.25) is 0 Å². The summed E-state index contributed by atoms with van der Waals surface area (Å²) in [6.07, 6.45) is 2.97. The van der Waals surface area contributed by atoms with Crippen molar-refractivity contribution in [2.24, 2.45) is 5.92 Å². The van der Waals surface area contributed by atoms with E-state index in [1.54, 1.807) is 7.11 Å². The first-order valence-electron chi connectivity index (χ1n) is 11.0. The minimum absolute atomic E-state index is 0.0435. The molecular weight excluding hydrogens is 366 g/mol. The van der Waals surface area contributed by atoms with E-state index < -0.39 is 6.10 Å². The van der Waals surface area contributed by atoms with E-state index in [0.29, 0.717) is 18.2 Å². The fourth-order valence-electron chi connectivity index (χ4n) is 4.41. The number of hydrogen-bond acceptors (Lipinski definition) is 4. The lowest BCUT2D eigenvalue weighted by atomic mass is 9.91. The van der Waals surface area contributed by atoms with Crippen molar-refractivity contribution in [3.63, 3.8) is 0 Å². The van der Waals surface area contributed by atoms with E-state index in [2.05, 4.69) is 11.8 Å². The number of benzene rings is 1. The molecule has 1 aromatic rings. The average Bonchev–Trinajstić information content (AvgIpc) is 2.79. The van der Waals surface area contributed by atoms with Gasteiger partial charge in [0, 0.05) is 52.8 Å². The monoisotopic (exact) mass is 401 g/mol. The summed E-state index contributed by atoms with van der Waals surface area (Å²) in [5, 5.41) is 0. The molecule has 0 N–H and O–H groups in total. The number of hydrogen-bond donors (Lipinski definition) is 0. The Morgan fingerprint density at radius 2 is 1.66 bits per heavy atom. The van der Waals surface area contributed by atoms with Crippen LogP contribution >= 0.6 is 0 Å². The van der Waals surface area contributed by atoms with Crippen molar-refractivity contribution in [1.29, 1.82) is 0 Å². The van der Waals surface area contributed by atoms with Crippen LogP contribution in [0.3, 0.4) is 0 Å². The van der Waals surface area contributed by atoms with Crippen LogP contribution in [0, 0.1) is 5.92 Å². The van der Waals surface area contributed by atoms with Crippen molar-refractivity contribution >= 4 is 11.8 Å². The highest BCUT2D eigenvalue weighted by atomic mass is 16.5. The predicted molar refractivity (Wildman–Crippen MR) is 113 cm³/mol. The van der Waals surface area contributed by atoms with Crippen LogP contribution in [0.25, 0.3) is 0 Å². The van der Waals surface area contributed by atoms with Crippen molar-refractivity contribution in [1.82, 2.24) is 14.7 Å². The molecule has 0 radical (unpaired) electrons. The molecule has 2 heterocycles. The lowest BCUT2D eigenvalue weighted by molar-refractivity contribution is -0.144. The number of piperazine rings is 1. The van der Waals surface area contributed by atoms with E-state index in [-0.39, 0.29) is 5.91 Å². The van der Waals surface area contributed by atoms with Gasteiger partial charge in [0.05, 0.1) is 0 Å². The molecule has 2 aliphatic heterocycles. The van der Waals surface area contributed by atoms with E-state index in [4.69, 9.17) is 4.74 Å². The highest BCUT2D eigenvalue weighted by Crippen LogP contribution is 2.26. The Hall–Kier alpha value is -1.92. The van der Waals surface area contributed by atoms with Gasteiger partial charge in [-0.2, -0.15) is 0 Å². The largest absolute Gasteiger partial charge is 0.367 e. The van der Waals surface area contributed by atoms with Gasteiger partial charge in [-0.3, -0.25) is 9.59 Å². The van der Waals surface area contributed by atoms with Crippen LogP contribution in [0.15, 0.2) is 30.3 Å². The van der Waals surface area contributed by atoms with Crippen LogP contribution in [0.5, 0.6) is 0 Å². The Kier molecular flexibility index (Phi) is 8.07. The van der Waals surface area contributed by atoms with E-state index in [0.717, 1.165) is 70.6 Å². The molecule has 3 rings (SSSR count). The lowest BCUT2D eigenvalue weighted by Crippen LogP contribution is -2.48. The molecule has 1 atom stereocenters. The van der Waals surface area contributed by atoms with Gasteiger partial charge in [-0.25, -0.2) is 0 Å². The van der Waals surface area contributed by atoms with Gasteiger partial charge in [-0.1, -0.05) is 37.3 Å². The van der Waals surface area contributed by atoms with Gasteiger partial charge in [0.1, 0.15) is 0 Å². The molecule has 2 fully saturated rings. The van der Waals surface area contributed by atoms with Crippen molar-refractivity contribution in [2.75, 3.05) is 52.9 Å². The van der Waals surface area contributed by atoms with Crippen LogP contribution in [-0.4, -0.2) is 79.4 Å². The molecule has 2 amide bonds. The molecule has 2 aliphatic rings. The van der Waals surface area contributed by atoms with Gasteiger partial charge in [0.15, 0.2) is 6.10 Å². The second-order valence-electron chi connectivity index (χ2n) is 8.15. The van der Waals surface area contributed by atoms with Crippen molar-refractivity contribution < 1.29 is 14.3 Å². The van der Waals surface area contributed by atoms with E-state index in [1.807, 2.05) is 40.1 Å². The fraction of sp³-hybridized carbons (Fsp3) is 0.652. The number of amides is 2. The standard InChI is InChI=1S/C23H35N3O3/c1-3-24-15-17-25(18-16-24)21(27)10-9-19-11-13-26(14-12-19)23(28)22(29-2)20-7-5-4-6-8-20/h4-8,19,22H,3,9-18H2,1-2H3. The maximum absolute atomic E-state index is 12.9. The quantitative estimate of drug-likeness (QED) is 0.705. The number of rotatable bonds is 7. The lowest BCUT2D eigenvalue weighted by Gasteiger charge is -2.35. The first-order chi connectivity index (χ1) is 14.1. The van der Waals surface area contributed by atoms with Gasteiger partial charge < -0.3 is 19.4 Å². The van der Waals surface area contributed by atoms with Crippen molar-refractivity contribution in [3.05, 3.63) is 35.9 Å². The summed E-state index contributed by atoms with van der Waals surface area (Å²) >= 11 is 0. The summed E-state index contributed by atoms with van der Waals surface area (Å²) < 4.78 is 5.50. The highest BCUT2D eigenvalue weighted by Gasteiger charge is 2.29. The molecule has 1 aromatic carbocycles. The first-order valence-corrected chi connectivity index (χ1v) is 11.0. The molecule has 6 nitrogen and oxygen atoms in total. The molecular formula is C23H35N3O3. The van der Waals surface area contributed by atoms with Crippen molar-refractivity contribution in [3.8, 4) is 0 Å². The number of piperidine rings is 1. The van der Waals surface area contributed by atoms with E-state index in [1.165, 1.54) is 0 Å². The molecule has 0 aliphatic carbocycles. The highest BCUT2D eigenvalue weighted by molar-refractivity contribution is 5.82. The molecule has 29 heavy (non-hydrogen) atoms. The number of carbonyl (C=O) groups is 2. The zero-order chi connectivity index (χ0) is 20.6. The number of nitrogens with zero attached hydrogens (tertiary/aromatic N) is 3. The molecule has 6 heteroatoms. The molecule has 1 unspecified atom stereocenters. The predicted octanol–water partition coefficient (Wildman–Crippen LogP) is 2.56. The molecule has 0 aromatic heterocycles. The number of ether oxygens (including phenoxy) is 1. The fourth-order valence-corrected chi connectivity index (χ4v) is 4.41. The zero-order valence-corrected chi connectivity index (χ0v) is 17.9. The third-order valence-corrected chi connectivity index (χ3v) is 6.43. The summed E-state index contributed by atoms with van der Waals surface area (Å²) in [5.41, 5.74) is 0.899. The molecule has 0 spiro atoms. The molecule has 2 saturated heterocycles. The third kappa shape index (κ3) is 5.80. The average molecular weight is 402 g/mol. The van der Waals surface area contributed by atoms with Crippen LogP contribution < -0.4 is 0 Å². The zero-order valence-electron chi connectivity index (χ0n) is 17.9. The van der Waals surface area contributed by atoms with E-state index >= 15 is 0 Å². The number of likely N-dealkylation sites (tertiary alicyclic amines) is 1. The summed E-state index contributed by atoms with van der Waals surface area (Å²) in [4.78, 5) is 31.7. The normalized spacial score (nSPS) is 19.9. The van der Waals surface area contributed by atoms with Gasteiger partial charge in [0.2, 0.25) is 5.91 Å². The van der Waals surface area contributed by atoms with E-state index in [9.17, 15) is 9.59 Å². The number of carbonyl (C=O) groups excluding carboxylic acids is 2. The van der Waals surface area contributed by atoms with Crippen molar-refractivity contribution in [2.45, 2.75) is 38.7 Å². The topological polar surface area (TPSA) is 53.1 Å². The Morgan fingerprint density at radius 1 is 1.00 bits per heavy atom. The van der Waals surface area contributed by atoms with Crippen LogP contribution in [0.1, 0.15) is 44.3 Å². The Morgan fingerprint density at radius 3 is 2.24 bits per heavy atom. The van der Waals surface area contributed by atoms with Gasteiger partial charge in [-0.05, 0) is 37.3 Å². The maximum atomic E-state index is 12.9. The smallest absolute Gasteiger partial charge is 0.256 e. The maximum Gasteiger partial charge on any atom is 0.256 e. The molecule has 160 valence electrons. The Balaban J connectivity index is 1.41. The van der Waals surface area contributed by atoms with Gasteiger partial charge in [0.25, 0.3) is 5.91 Å². The second-order valence-corrected chi connectivity index (χ2v) is 8.15. The SMILES string of the molecule is CCN1CCN(C(=O)CCC2CCN(C(=O)C(OC)c3ccccc3)CC2)CC1. The Labute approximate surface area is 174 Å². The summed E-state index contributed by atoms with van der Waals surface area (Å²) in [7, 11) is 1.59. The summed E-state index contributed by atoms with van der Waals surface area (Å²) in [5.74, 6) is 0.863. The number of likely N-dealkylation sites (N-methyl/N-ethyl adjacent to an activating group) is 1. The van der Waals surface area contributed by atoms with Gasteiger partial charge in [-0.15, -0.1) is 0 Å². The van der Waals surface area contributed by atoms with Crippen LogP contribution in [-0.2, 0) is 14.3 Å². The molecule has 0 saturated carbocycles. The summed E-state index contributed by atoms with van der Waals surface area (Å²) in [6, 6.07) is 9.67. The van der Waals surface area contributed by atoms with Crippen LogP contribution in [0.4, 0.5) is 0 Å². The van der Waals surface area contributed by atoms with Gasteiger partial charge >= 0.3 is 0 Å². The number of methoxy groups -OCH3 is 1. The Bertz CT molecular complexity index is 651. The molecule has 0 bridgehead atoms. The second kappa shape index (κ2) is 10.7. The minimum Gasteiger partial charge on any atom is -0.367 e. The first kappa shape index (κ1) is 21.8. The minimum atomic E-state index is -0.531. The third-order valence-electron chi connectivity index (χ3n) is 6.43.